The van der Waals surface area contributed by atoms with Gasteiger partial charge in [0.05, 0.1) is 19.8 Å². The smallest absolute Gasteiger partial charge is 0.239 e. The molecule has 92 valence electrons. The second-order valence-corrected chi connectivity index (χ2v) is 5.04. The summed E-state index contributed by atoms with van der Waals surface area (Å²) in [6.45, 7) is 3.43. The SMILES string of the molecule is O=C(CN1CCOCC1)Nc1ccc(I)cn1. The molecule has 1 saturated heterocycles. The molecule has 1 fully saturated rings. The predicted octanol–water partition coefficient (Wildman–Crippen LogP) is 0.957. The van der Waals surface area contributed by atoms with Gasteiger partial charge in [-0.15, -0.1) is 0 Å². The normalized spacial score (nSPS) is 16.8. The summed E-state index contributed by atoms with van der Waals surface area (Å²) in [5.41, 5.74) is 0. The Kier molecular flexibility index (Phi) is 4.69. The van der Waals surface area contributed by atoms with Crippen molar-refractivity contribution in [3.05, 3.63) is 21.9 Å². The second kappa shape index (κ2) is 6.27. The fraction of sp³-hybridized carbons (Fsp3) is 0.455. The summed E-state index contributed by atoms with van der Waals surface area (Å²) in [6, 6.07) is 3.72. The van der Waals surface area contributed by atoms with Crippen LogP contribution in [0.5, 0.6) is 0 Å². The maximum Gasteiger partial charge on any atom is 0.239 e. The van der Waals surface area contributed by atoms with Gasteiger partial charge in [-0.05, 0) is 34.7 Å². The van der Waals surface area contributed by atoms with E-state index >= 15 is 0 Å². The van der Waals surface area contributed by atoms with Gasteiger partial charge < -0.3 is 10.1 Å². The number of amides is 1. The lowest BCUT2D eigenvalue weighted by Gasteiger charge is -2.25. The van der Waals surface area contributed by atoms with Crippen molar-refractivity contribution in [1.29, 1.82) is 0 Å². The van der Waals surface area contributed by atoms with Crippen LogP contribution in [-0.4, -0.2) is 48.6 Å². The lowest BCUT2D eigenvalue weighted by molar-refractivity contribution is -0.118. The van der Waals surface area contributed by atoms with Crippen LogP contribution in [-0.2, 0) is 9.53 Å². The van der Waals surface area contributed by atoms with Gasteiger partial charge in [-0.2, -0.15) is 0 Å². The van der Waals surface area contributed by atoms with Crippen molar-refractivity contribution >= 4 is 34.3 Å². The van der Waals surface area contributed by atoms with Crippen LogP contribution in [0, 0.1) is 3.57 Å². The van der Waals surface area contributed by atoms with Gasteiger partial charge in [0.1, 0.15) is 5.82 Å². The van der Waals surface area contributed by atoms with Crippen LogP contribution in [0.2, 0.25) is 0 Å². The Morgan fingerprint density at radius 2 is 2.24 bits per heavy atom. The molecule has 1 aromatic rings. The van der Waals surface area contributed by atoms with Gasteiger partial charge in [-0.1, -0.05) is 0 Å². The zero-order chi connectivity index (χ0) is 12.1. The summed E-state index contributed by atoms with van der Waals surface area (Å²) in [5.74, 6) is 0.573. The Bertz CT molecular complexity index is 377. The van der Waals surface area contributed by atoms with Crippen molar-refractivity contribution < 1.29 is 9.53 Å². The molecular weight excluding hydrogens is 333 g/mol. The molecule has 0 bridgehead atoms. The van der Waals surface area contributed by atoms with E-state index < -0.39 is 0 Å². The molecule has 0 aliphatic carbocycles. The van der Waals surface area contributed by atoms with Crippen molar-refractivity contribution in [1.82, 2.24) is 9.88 Å². The Labute approximate surface area is 114 Å². The van der Waals surface area contributed by atoms with Crippen LogP contribution in [0.1, 0.15) is 0 Å². The number of hydrogen-bond donors (Lipinski definition) is 1. The topological polar surface area (TPSA) is 54.5 Å². The van der Waals surface area contributed by atoms with E-state index in [0.29, 0.717) is 25.6 Å². The van der Waals surface area contributed by atoms with Gasteiger partial charge in [0.2, 0.25) is 5.91 Å². The molecular formula is C11H14IN3O2. The van der Waals surface area contributed by atoms with Crippen LogP contribution in [0.15, 0.2) is 18.3 Å². The first-order chi connectivity index (χ1) is 8.24. The van der Waals surface area contributed by atoms with Crippen LogP contribution in [0.3, 0.4) is 0 Å². The van der Waals surface area contributed by atoms with Gasteiger partial charge in [0, 0.05) is 22.9 Å². The minimum Gasteiger partial charge on any atom is -0.379 e. The van der Waals surface area contributed by atoms with E-state index in [4.69, 9.17) is 4.74 Å². The molecule has 0 unspecified atom stereocenters. The molecule has 1 amide bonds. The first-order valence-electron chi connectivity index (χ1n) is 5.45. The first kappa shape index (κ1) is 12.7. The zero-order valence-corrected chi connectivity index (χ0v) is 11.5. The standard InChI is InChI=1S/C11H14IN3O2/c12-9-1-2-10(13-7-9)14-11(16)8-15-3-5-17-6-4-15/h1-2,7H,3-6,8H2,(H,13,14,16). The number of pyridine rings is 1. The van der Waals surface area contributed by atoms with Crippen molar-refractivity contribution in [3.8, 4) is 0 Å². The van der Waals surface area contributed by atoms with E-state index in [1.807, 2.05) is 6.07 Å². The molecule has 0 radical (unpaired) electrons. The molecule has 1 N–H and O–H groups in total. The van der Waals surface area contributed by atoms with Crippen LogP contribution in [0.4, 0.5) is 5.82 Å². The number of morpholine rings is 1. The number of aromatic nitrogens is 1. The minimum atomic E-state index is -0.0272. The highest BCUT2D eigenvalue weighted by atomic mass is 127. The number of halogens is 1. The Morgan fingerprint density at radius 1 is 1.47 bits per heavy atom. The second-order valence-electron chi connectivity index (χ2n) is 3.80. The number of nitrogens with one attached hydrogen (secondary N) is 1. The fourth-order valence-electron chi connectivity index (χ4n) is 1.59. The summed E-state index contributed by atoms with van der Waals surface area (Å²) in [7, 11) is 0. The highest BCUT2D eigenvalue weighted by molar-refractivity contribution is 14.1. The molecule has 2 rings (SSSR count). The van der Waals surface area contributed by atoms with Crippen LogP contribution < -0.4 is 5.32 Å². The molecule has 0 spiro atoms. The molecule has 0 aromatic carbocycles. The summed E-state index contributed by atoms with van der Waals surface area (Å²) in [5, 5.41) is 2.78. The number of hydrogen-bond acceptors (Lipinski definition) is 4. The number of nitrogens with zero attached hydrogens (tertiary/aromatic N) is 2. The first-order valence-corrected chi connectivity index (χ1v) is 6.53. The Morgan fingerprint density at radius 3 is 2.88 bits per heavy atom. The molecule has 1 aromatic heterocycles. The van der Waals surface area contributed by atoms with Crippen molar-refractivity contribution in [3.63, 3.8) is 0 Å². The van der Waals surface area contributed by atoms with Gasteiger partial charge in [0.25, 0.3) is 0 Å². The number of anilines is 1. The van der Waals surface area contributed by atoms with E-state index in [0.717, 1.165) is 16.7 Å². The third-order valence-corrected chi connectivity index (χ3v) is 3.10. The zero-order valence-electron chi connectivity index (χ0n) is 9.36. The highest BCUT2D eigenvalue weighted by Gasteiger charge is 2.14. The van der Waals surface area contributed by atoms with E-state index in [2.05, 4.69) is 37.8 Å². The summed E-state index contributed by atoms with van der Waals surface area (Å²) in [4.78, 5) is 17.9. The van der Waals surface area contributed by atoms with E-state index in [1.165, 1.54) is 0 Å². The number of ether oxygens (including phenoxy) is 1. The van der Waals surface area contributed by atoms with E-state index in [1.54, 1.807) is 12.3 Å². The Balaban J connectivity index is 1.82. The summed E-state index contributed by atoms with van der Waals surface area (Å²) < 4.78 is 6.28. The summed E-state index contributed by atoms with van der Waals surface area (Å²) in [6.07, 6.45) is 1.73. The lowest BCUT2D eigenvalue weighted by atomic mass is 10.4. The molecule has 6 heteroatoms. The average molecular weight is 347 g/mol. The van der Waals surface area contributed by atoms with Crippen molar-refractivity contribution in [2.45, 2.75) is 0 Å². The predicted molar refractivity (Wildman–Crippen MR) is 72.8 cm³/mol. The molecule has 1 aliphatic heterocycles. The maximum atomic E-state index is 11.7. The van der Waals surface area contributed by atoms with Gasteiger partial charge in [0.15, 0.2) is 0 Å². The third-order valence-electron chi connectivity index (χ3n) is 2.47. The lowest BCUT2D eigenvalue weighted by Crippen LogP contribution is -2.41. The van der Waals surface area contributed by atoms with Gasteiger partial charge in [-0.3, -0.25) is 9.69 Å². The maximum absolute atomic E-state index is 11.7. The largest absolute Gasteiger partial charge is 0.379 e. The van der Waals surface area contributed by atoms with E-state index in [-0.39, 0.29) is 5.91 Å². The molecule has 2 heterocycles. The highest BCUT2D eigenvalue weighted by Crippen LogP contribution is 2.07. The molecule has 17 heavy (non-hydrogen) atoms. The fourth-order valence-corrected chi connectivity index (χ4v) is 1.91. The third kappa shape index (κ3) is 4.21. The van der Waals surface area contributed by atoms with E-state index in [9.17, 15) is 4.79 Å². The van der Waals surface area contributed by atoms with Gasteiger partial charge >= 0.3 is 0 Å². The number of carbonyl (C=O) groups is 1. The molecule has 0 atom stereocenters. The minimum absolute atomic E-state index is 0.0272. The molecule has 1 aliphatic rings. The van der Waals surface area contributed by atoms with Crippen LogP contribution >= 0.6 is 22.6 Å². The number of rotatable bonds is 3. The molecule has 0 saturated carbocycles. The average Bonchev–Trinajstić information content (AvgIpc) is 2.33. The molecule has 5 nitrogen and oxygen atoms in total. The monoisotopic (exact) mass is 347 g/mol. The van der Waals surface area contributed by atoms with Crippen molar-refractivity contribution in [2.75, 3.05) is 38.2 Å². The van der Waals surface area contributed by atoms with Crippen molar-refractivity contribution in [2.24, 2.45) is 0 Å². The van der Waals surface area contributed by atoms with Gasteiger partial charge in [-0.25, -0.2) is 4.98 Å². The Hall–Kier alpha value is -0.730. The van der Waals surface area contributed by atoms with Crippen LogP contribution in [0.25, 0.3) is 0 Å². The number of carbonyl (C=O) groups excluding carboxylic acids is 1. The summed E-state index contributed by atoms with van der Waals surface area (Å²) >= 11 is 2.18. The quantitative estimate of drug-likeness (QED) is 0.828.